The fourth-order valence-corrected chi connectivity index (χ4v) is 3.62. The Morgan fingerprint density at radius 2 is 1.93 bits per heavy atom. The number of methoxy groups -OCH3 is 1. The number of carbonyl (C=O) groups excluding carboxylic acids is 2. The Morgan fingerprint density at radius 3 is 2.55 bits per heavy atom. The van der Waals surface area contributed by atoms with Crippen LogP contribution in [0.2, 0.25) is 5.02 Å². The van der Waals surface area contributed by atoms with E-state index in [0.717, 1.165) is 25.7 Å². The SMILES string of the molecule is CCOc1cc(/C=C/C(=O)O[C@@H](C)C(=O)NC2CCCCCC2)cc(Cl)c1OC. The van der Waals surface area contributed by atoms with E-state index in [1.54, 1.807) is 25.1 Å². The zero-order chi connectivity index (χ0) is 21.2. The molecule has 0 radical (unpaired) electrons. The maximum Gasteiger partial charge on any atom is 0.331 e. The Bertz CT molecular complexity index is 726. The van der Waals surface area contributed by atoms with Crippen LogP contribution in [0.25, 0.3) is 6.08 Å². The van der Waals surface area contributed by atoms with Gasteiger partial charge in [0.25, 0.3) is 5.91 Å². The van der Waals surface area contributed by atoms with Crippen LogP contribution in [-0.2, 0) is 14.3 Å². The molecule has 1 aliphatic carbocycles. The highest BCUT2D eigenvalue weighted by Crippen LogP contribution is 2.36. The molecule has 0 unspecified atom stereocenters. The molecule has 1 atom stereocenters. The first-order valence-corrected chi connectivity index (χ1v) is 10.5. The van der Waals surface area contributed by atoms with Crippen molar-refractivity contribution >= 4 is 29.6 Å². The van der Waals surface area contributed by atoms with Gasteiger partial charge in [0.15, 0.2) is 17.6 Å². The van der Waals surface area contributed by atoms with Gasteiger partial charge in [0, 0.05) is 12.1 Å². The van der Waals surface area contributed by atoms with Crippen molar-refractivity contribution in [1.82, 2.24) is 5.32 Å². The molecule has 1 N–H and O–H groups in total. The molecule has 0 aromatic heterocycles. The third-order valence-corrected chi connectivity index (χ3v) is 5.09. The van der Waals surface area contributed by atoms with Gasteiger partial charge in [-0.15, -0.1) is 0 Å². The minimum atomic E-state index is -0.853. The van der Waals surface area contributed by atoms with Gasteiger partial charge in [0.2, 0.25) is 0 Å². The molecule has 1 aromatic carbocycles. The lowest BCUT2D eigenvalue weighted by Crippen LogP contribution is -2.41. The van der Waals surface area contributed by atoms with E-state index in [4.69, 9.17) is 25.8 Å². The molecule has 7 heteroatoms. The second kappa shape index (κ2) is 11.7. The van der Waals surface area contributed by atoms with Crippen molar-refractivity contribution in [3.8, 4) is 11.5 Å². The summed E-state index contributed by atoms with van der Waals surface area (Å²) in [6, 6.07) is 3.55. The van der Waals surface area contributed by atoms with Gasteiger partial charge in [0.05, 0.1) is 18.7 Å². The fraction of sp³-hybridized carbons (Fsp3) is 0.545. The zero-order valence-corrected chi connectivity index (χ0v) is 18.1. The maximum atomic E-state index is 12.3. The minimum Gasteiger partial charge on any atom is -0.491 e. The second-order valence-electron chi connectivity index (χ2n) is 7.08. The topological polar surface area (TPSA) is 73.9 Å². The molecular weight excluding hydrogens is 394 g/mol. The predicted octanol–water partition coefficient (Wildman–Crippen LogP) is 4.53. The van der Waals surface area contributed by atoms with Crippen LogP contribution in [0.5, 0.6) is 11.5 Å². The van der Waals surface area contributed by atoms with Gasteiger partial charge in [-0.1, -0.05) is 37.3 Å². The molecule has 29 heavy (non-hydrogen) atoms. The molecule has 1 saturated carbocycles. The number of benzene rings is 1. The van der Waals surface area contributed by atoms with Crippen LogP contribution in [0.15, 0.2) is 18.2 Å². The van der Waals surface area contributed by atoms with Crippen LogP contribution in [0, 0.1) is 0 Å². The van der Waals surface area contributed by atoms with Crippen molar-refractivity contribution in [3.63, 3.8) is 0 Å². The summed E-state index contributed by atoms with van der Waals surface area (Å²) in [7, 11) is 1.51. The third-order valence-electron chi connectivity index (χ3n) is 4.81. The molecule has 6 nitrogen and oxygen atoms in total. The smallest absolute Gasteiger partial charge is 0.331 e. The van der Waals surface area contributed by atoms with Crippen molar-refractivity contribution in [2.75, 3.05) is 13.7 Å². The normalized spacial score (nSPS) is 16.1. The highest BCUT2D eigenvalue weighted by molar-refractivity contribution is 6.32. The lowest BCUT2D eigenvalue weighted by atomic mass is 10.1. The predicted molar refractivity (Wildman–Crippen MR) is 113 cm³/mol. The summed E-state index contributed by atoms with van der Waals surface area (Å²) in [6.07, 6.45) is 8.60. The van der Waals surface area contributed by atoms with E-state index >= 15 is 0 Å². The summed E-state index contributed by atoms with van der Waals surface area (Å²) in [5.74, 6) is 0.0758. The van der Waals surface area contributed by atoms with Crippen LogP contribution in [0.1, 0.15) is 57.9 Å². The van der Waals surface area contributed by atoms with Gasteiger partial charge in [0.1, 0.15) is 0 Å². The van der Waals surface area contributed by atoms with E-state index in [0.29, 0.717) is 28.7 Å². The number of carbonyl (C=O) groups is 2. The highest BCUT2D eigenvalue weighted by atomic mass is 35.5. The second-order valence-corrected chi connectivity index (χ2v) is 7.48. The number of halogens is 1. The average molecular weight is 424 g/mol. The van der Waals surface area contributed by atoms with E-state index in [9.17, 15) is 9.59 Å². The van der Waals surface area contributed by atoms with Gasteiger partial charge < -0.3 is 19.5 Å². The summed E-state index contributed by atoms with van der Waals surface area (Å²) in [4.78, 5) is 24.4. The summed E-state index contributed by atoms with van der Waals surface area (Å²) >= 11 is 6.21. The summed E-state index contributed by atoms with van der Waals surface area (Å²) in [5.41, 5.74) is 0.659. The van der Waals surface area contributed by atoms with Gasteiger partial charge in [-0.05, 0) is 50.5 Å². The Balaban J connectivity index is 1.93. The molecule has 0 spiro atoms. The largest absolute Gasteiger partial charge is 0.491 e. The van der Waals surface area contributed by atoms with Gasteiger partial charge in [-0.25, -0.2) is 4.79 Å². The van der Waals surface area contributed by atoms with Crippen LogP contribution in [0.3, 0.4) is 0 Å². The van der Waals surface area contributed by atoms with E-state index in [1.165, 1.54) is 26.0 Å². The first-order chi connectivity index (χ1) is 13.9. The standard InChI is InChI=1S/C22H30ClNO5/c1-4-28-19-14-16(13-18(23)21(19)27-3)11-12-20(25)29-15(2)22(26)24-17-9-7-5-6-8-10-17/h11-15,17H,4-10H2,1-3H3,(H,24,26)/b12-11+/t15-/m0/s1. The summed E-state index contributed by atoms with van der Waals surface area (Å²) in [6.45, 7) is 3.89. The van der Waals surface area contributed by atoms with Crippen LogP contribution in [0.4, 0.5) is 0 Å². The van der Waals surface area contributed by atoms with Crippen molar-refractivity contribution in [2.45, 2.75) is 64.5 Å². The molecule has 0 heterocycles. The molecule has 2 rings (SSSR count). The molecule has 1 aromatic rings. The van der Waals surface area contributed by atoms with Crippen LogP contribution >= 0.6 is 11.6 Å². The number of nitrogens with one attached hydrogen (secondary N) is 1. The Labute approximate surface area is 177 Å². The van der Waals surface area contributed by atoms with Crippen LogP contribution in [-0.4, -0.2) is 37.7 Å². The van der Waals surface area contributed by atoms with Crippen LogP contribution < -0.4 is 14.8 Å². The highest BCUT2D eigenvalue weighted by Gasteiger charge is 2.21. The first kappa shape index (κ1) is 23.1. The number of esters is 1. The lowest BCUT2D eigenvalue weighted by molar-refractivity contribution is -0.150. The lowest BCUT2D eigenvalue weighted by Gasteiger charge is -2.19. The van der Waals surface area contributed by atoms with Crippen molar-refractivity contribution in [2.24, 2.45) is 0 Å². The Morgan fingerprint density at radius 1 is 1.24 bits per heavy atom. The van der Waals surface area contributed by atoms with E-state index in [2.05, 4.69) is 5.32 Å². The monoisotopic (exact) mass is 423 g/mol. The number of amides is 1. The van der Waals surface area contributed by atoms with E-state index in [1.807, 2.05) is 6.92 Å². The molecule has 160 valence electrons. The Hall–Kier alpha value is -2.21. The molecule has 0 saturated heterocycles. The molecule has 1 fully saturated rings. The first-order valence-electron chi connectivity index (χ1n) is 10.1. The minimum absolute atomic E-state index is 0.167. The van der Waals surface area contributed by atoms with Crippen molar-refractivity contribution in [3.05, 3.63) is 28.8 Å². The molecule has 1 aliphatic rings. The average Bonchev–Trinajstić information content (AvgIpc) is 2.95. The molecular formula is C22H30ClNO5. The number of hydrogen-bond donors (Lipinski definition) is 1. The van der Waals surface area contributed by atoms with E-state index in [-0.39, 0.29) is 11.9 Å². The number of rotatable bonds is 8. The third kappa shape index (κ3) is 7.28. The molecule has 1 amide bonds. The molecule has 0 aliphatic heterocycles. The summed E-state index contributed by atoms with van der Waals surface area (Å²) < 4.78 is 16.0. The number of ether oxygens (including phenoxy) is 3. The summed E-state index contributed by atoms with van der Waals surface area (Å²) in [5, 5.41) is 3.37. The van der Waals surface area contributed by atoms with Gasteiger partial charge in [-0.3, -0.25) is 4.79 Å². The molecule has 0 bridgehead atoms. The van der Waals surface area contributed by atoms with Crippen molar-refractivity contribution < 1.29 is 23.8 Å². The zero-order valence-electron chi connectivity index (χ0n) is 17.3. The van der Waals surface area contributed by atoms with Gasteiger partial charge in [-0.2, -0.15) is 0 Å². The maximum absolute atomic E-state index is 12.3. The van der Waals surface area contributed by atoms with Crippen molar-refractivity contribution in [1.29, 1.82) is 0 Å². The number of hydrogen-bond acceptors (Lipinski definition) is 5. The Kier molecular flexibility index (Phi) is 9.32. The fourth-order valence-electron chi connectivity index (χ4n) is 3.32. The quantitative estimate of drug-likeness (QED) is 0.377. The van der Waals surface area contributed by atoms with Gasteiger partial charge >= 0.3 is 5.97 Å². The van der Waals surface area contributed by atoms with E-state index < -0.39 is 12.1 Å².